The smallest absolute Gasteiger partial charge is 0.205 e. The van der Waals surface area contributed by atoms with Crippen LogP contribution >= 0.6 is 11.3 Å². The molecule has 0 amide bonds. The van der Waals surface area contributed by atoms with Crippen LogP contribution in [0.5, 0.6) is 0 Å². The van der Waals surface area contributed by atoms with Gasteiger partial charge >= 0.3 is 0 Å². The minimum absolute atomic E-state index is 0.752. The van der Waals surface area contributed by atoms with E-state index in [0.717, 1.165) is 34.3 Å². The van der Waals surface area contributed by atoms with E-state index in [9.17, 15) is 0 Å². The first-order valence-corrected chi connectivity index (χ1v) is 7.49. The fraction of sp³-hybridized carbons (Fsp3) is 0.267. The Morgan fingerprint density at radius 1 is 1.15 bits per heavy atom. The Morgan fingerprint density at radius 2 is 2.05 bits per heavy atom. The van der Waals surface area contributed by atoms with E-state index in [1.165, 1.54) is 10.9 Å². The molecule has 4 nitrogen and oxygen atoms in total. The molecule has 5 heteroatoms. The van der Waals surface area contributed by atoms with Crippen LogP contribution in [-0.2, 0) is 13.0 Å². The zero-order chi connectivity index (χ0) is 13.9. The van der Waals surface area contributed by atoms with Crippen molar-refractivity contribution < 1.29 is 0 Å². The van der Waals surface area contributed by atoms with Crippen LogP contribution in [0, 0.1) is 6.92 Å². The molecule has 0 bridgehead atoms. The molecule has 0 fully saturated rings. The predicted molar refractivity (Wildman–Crippen MR) is 83.1 cm³/mol. The fourth-order valence-electron chi connectivity index (χ4n) is 2.03. The van der Waals surface area contributed by atoms with E-state index < -0.39 is 0 Å². The van der Waals surface area contributed by atoms with Crippen LogP contribution in [0.25, 0.3) is 10.9 Å². The first-order chi connectivity index (χ1) is 9.74. The maximum atomic E-state index is 4.51. The maximum absolute atomic E-state index is 4.51. The molecule has 2 heterocycles. The monoisotopic (exact) mass is 284 g/mol. The van der Waals surface area contributed by atoms with Gasteiger partial charge in [0.2, 0.25) is 5.13 Å². The Hall–Kier alpha value is -2.01. The largest absolute Gasteiger partial charge is 0.356 e. The number of aromatic nitrogens is 3. The molecule has 0 saturated carbocycles. The van der Waals surface area contributed by atoms with Crippen LogP contribution in [0.15, 0.2) is 30.3 Å². The summed E-state index contributed by atoms with van der Waals surface area (Å²) in [6.07, 6.45) is 0.931. The van der Waals surface area contributed by atoms with Gasteiger partial charge in [-0.15, -0.1) is 10.2 Å². The molecular formula is C15H16N4S. The number of nitrogens with zero attached hydrogens (tertiary/aromatic N) is 3. The summed E-state index contributed by atoms with van der Waals surface area (Å²) in [5.74, 6) is 0. The second-order valence-electron chi connectivity index (χ2n) is 4.69. The molecule has 0 spiro atoms. The average Bonchev–Trinajstić information content (AvgIpc) is 2.93. The zero-order valence-corrected chi connectivity index (χ0v) is 12.4. The van der Waals surface area contributed by atoms with Gasteiger partial charge in [0.15, 0.2) is 0 Å². The fourth-order valence-corrected chi connectivity index (χ4v) is 2.71. The van der Waals surface area contributed by atoms with Crippen LogP contribution in [0.3, 0.4) is 0 Å². The number of anilines is 1. The topological polar surface area (TPSA) is 50.7 Å². The lowest BCUT2D eigenvalue weighted by Crippen LogP contribution is -1.99. The van der Waals surface area contributed by atoms with Crippen LogP contribution in [0.4, 0.5) is 5.13 Å². The second-order valence-corrected chi connectivity index (χ2v) is 5.75. The second kappa shape index (κ2) is 5.54. The summed E-state index contributed by atoms with van der Waals surface area (Å²) < 4.78 is 0. The quantitative estimate of drug-likeness (QED) is 0.795. The molecule has 0 aliphatic carbocycles. The Bertz CT molecular complexity index is 736. The summed E-state index contributed by atoms with van der Waals surface area (Å²) in [7, 11) is 0. The molecule has 1 aromatic carbocycles. The molecule has 3 rings (SSSR count). The van der Waals surface area contributed by atoms with Crippen molar-refractivity contribution in [1.82, 2.24) is 15.2 Å². The normalized spacial score (nSPS) is 10.9. The number of fused-ring (bicyclic) bond motifs is 1. The minimum Gasteiger partial charge on any atom is -0.356 e. The third-order valence-electron chi connectivity index (χ3n) is 3.11. The van der Waals surface area contributed by atoms with Gasteiger partial charge in [0.25, 0.3) is 0 Å². The average molecular weight is 284 g/mol. The minimum atomic E-state index is 0.752. The van der Waals surface area contributed by atoms with Crippen LogP contribution in [0.2, 0.25) is 0 Å². The lowest BCUT2D eigenvalue weighted by atomic mass is 10.1. The number of rotatable bonds is 4. The predicted octanol–water partition coefficient (Wildman–Crippen LogP) is 3.57. The van der Waals surface area contributed by atoms with E-state index in [2.05, 4.69) is 51.7 Å². The van der Waals surface area contributed by atoms with E-state index in [4.69, 9.17) is 0 Å². The molecule has 0 atom stereocenters. The standard InChI is InChI=1S/C15H16N4S/c1-3-14-18-19-15(20-14)16-9-11-5-7-13-12(8-11)6-4-10(2)17-13/h4-8H,3,9H2,1-2H3,(H,16,19). The van der Waals surface area contributed by atoms with Gasteiger partial charge in [-0.05, 0) is 37.1 Å². The molecule has 0 saturated heterocycles. The Kier molecular flexibility index (Phi) is 3.60. The molecule has 0 aliphatic rings. The van der Waals surface area contributed by atoms with Crippen LogP contribution in [-0.4, -0.2) is 15.2 Å². The number of benzene rings is 1. The van der Waals surface area contributed by atoms with Gasteiger partial charge < -0.3 is 5.32 Å². The van der Waals surface area contributed by atoms with Gasteiger partial charge in [-0.25, -0.2) is 0 Å². The van der Waals surface area contributed by atoms with Gasteiger partial charge in [0.1, 0.15) is 5.01 Å². The molecule has 3 aromatic rings. The van der Waals surface area contributed by atoms with E-state index in [0.29, 0.717) is 0 Å². The van der Waals surface area contributed by atoms with Gasteiger partial charge in [-0.3, -0.25) is 4.98 Å². The SMILES string of the molecule is CCc1nnc(NCc2ccc3nc(C)ccc3c2)s1. The number of nitrogens with one attached hydrogen (secondary N) is 1. The Morgan fingerprint density at radius 3 is 2.85 bits per heavy atom. The molecule has 0 radical (unpaired) electrons. The van der Waals surface area contributed by atoms with Crippen molar-refractivity contribution in [2.45, 2.75) is 26.8 Å². The van der Waals surface area contributed by atoms with Crippen molar-refractivity contribution in [3.05, 3.63) is 46.6 Å². The molecule has 0 unspecified atom stereocenters. The van der Waals surface area contributed by atoms with E-state index in [1.54, 1.807) is 11.3 Å². The maximum Gasteiger partial charge on any atom is 0.205 e. The molecule has 2 aromatic heterocycles. The zero-order valence-electron chi connectivity index (χ0n) is 11.6. The number of hydrogen-bond acceptors (Lipinski definition) is 5. The number of hydrogen-bond donors (Lipinski definition) is 1. The van der Waals surface area contributed by atoms with Crippen molar-refractivity contribution in [2.24, 2.45) is 0 Å². The van der Waals surface area contributed by atoms with Crippen LogP contribution < -0.4 is 5.32 Å². The van der Waals surface area contributed by atoms with E-state index in [-0.39, 0.29) is 0 Å². The summed E-state index contributed by atoms with van der Waals surface area (Å²) in [5.41, 5.74) is 3.30. The number of pyridine rings is 1. The molecular weight excluding hydrogens is 268 g/mol. The van der Waals surface area contributed by atoms with Gasteiger partial charge in [0, 0.05) is 17.6 Å². The van der Waals surface area contributed by atoms with E-state index >= 15 is 0 Å². The highest BCUT2D eigenvalue weighted by Gasteiger charge is 2.03. The molecule has 1 N–H and O–H groups in total. The lowest BCUT2D eigenvalue weighted by molar-refractivity contribution is 0.975. The highest BCUT2D eigenvalue weighted by molar-refractivity contribution is 7.15. The van der Waals surface area contributed by atoms with Crippen molar-refractivity contribution >= 4 is 27.4 Å². The third kappa shape index (κ3) is 2.77. The first kappa shape index (κ1) is 13.0. The third-order valence-corrected chi connectivity index (χ3v) is 4.13. The summed E-state index contributed by atoms with van der Waals surface area (Å²) in [6, 6.07) is 10.5. The summed E-state index contributed by atoms with van der Waals surface area (Å²) in [4.78, 5) is 4.51. The van der Waals surface area contributed by atoms with Crippen molar-refractivity contribution in [3.63, 3.8) is 0 Å². The first-order valence-electron chi connectivity index (χ1n) is 6.67. The summed E-state index contributed by atoms with van der Waals surface area (Å²) >= 11 is 1.61. The van der Waals surface area contributed by atoms with Crippen molar-refractivity contribution in [3.8, 4) is 0 Å². The number of aryl methyl sites for hydroxylation is 2. The van der Waals surface area contributed by atoms with Gasteiger partial charge in [-0.1, -0.05) is 30.4 Å². The highest BCUT2D eigenvalue weighted by Crippen LogP contribution is 2.18. The Balaban J connectivity index is 1.75. The van der Waals surface area contributed by atoms with Crippen molar-refractivity contribution in [2.75, 3.05) is 5.32 Å². The Labute approximate surface area is 121 Å². The molecule has 0 aliphatic heterocycles. The van der Waals surface area contributed by atoms with Crippen LogP contribution in [0.1, 0.15) is 23.2 Å². The summed E-state index contributed by atoms with van der Waals surface area (Å²) in [6.45, 7) is 4.85. The highest BCUT2D eigenvalue weighted by atomic mass is 32.1. The molecule has 102 valence electrons. The van der Waals surface area contributed by atoms with Gasteiger partial charge in [0.05, 0.1) is 5.52 Å². The van der Waals surface area contributed by atoms with Gasteiger partial charge in [-0.2, -0.15) is 0 Å². The molecule has 20 heavy (non-hydrogen) atoms. The lowest BCUT2D eigenvalue weighted by Gasteiger charge is -2.04. The van der Waals surface area contributed by atoms with Crippen molar-refractivity contribution in [1.29, 1.82) is 0 Å². The summed E-state index contributed by atoms with van der Waals surface area (Å²) in [5, 5.41) is 14.6. The van der Waals surface area contributed by atoms with E-state index in [1.807, 2.05) is 13.0 Å².